The smallest absolute Gasteiger partial charge is 0.413 e. The van der Waals surface area contributed by atoms with Crippen LogP contribution in [0.15, 0.2) is 52.2 Å². The average Bonchev–Trinajstić information content (AvgIpc) is 3.01. The Balaban J connectivity index is 1.79. The number of hydrogen-bond donors (Lipinski definition) is 4. The van der Waals surface area contributed by atoms with Crippen molar-refractivity contribution in [2.24, 2.45) is 0 Å². The molecule has 12 nitrogen and oxygen atoms in total. The molecule has 1 saturated heterocycles. The van der Waals surface area contributed by atoms with Gasteiger partial charge in [0.2, 0.25) is 0 Å². The number of ether oxygens (including phenoxy) is 2. The minimum atomic E-state index is -4.24. The van der Waals surface area contributed by atoms with Crippen molar-refractivity contribution in [1.29, 1.82) is 0 Å². The second-order valence-corrected chi connectivity index (χ2v) is 10.5. The van der Waals surface area contributed by atoms with Gasteiger partial charge in [-0.05, 0) is 39.8 Å². The van der Waals surface area contributed by atoms with Crippen molar-refractivity contribution in [3.63, 3.8) is 0 Å². The fourth-order valence-corrected chi connectivity index (χ4v) is 5.10. The number of hydrogen-bond acceptors (Lipinski definition) is 9. The molecule has 0 radical (unpaired) electrons. The molecule has 2 unspecified atom stereocenters. The van der Waals surface area contributed by atoms with Gasteiger partial charge in [0.1, 0.15) is 18.0 Å². The number of benzene rings is 1. The molecule has 3 rings (SSSR count). The predicted molar refractivity (Wildman–Crippen MR) is 126 cm³/mol. The van der Waals surface area contributed by atoms with Crippen LogP contribution in [0.2, 0.25) is 0 Å². The highest BCUT2D eigenvalue weighted by molar-refractivity contribution is 7.52. The summed E-state index contributed by atoms with van der Waals surface area (Å²) in [6, 6.07) is 8.15. The number of nitrogens with zero attached hydrogens (tertiary/aromatic N) is 1. The molecule has 0 amide bonds. The number of aliphatic hydroxyl groups excluding tert-OH is 2. The van der Waals surface area contributed by atoms with Crippen molar-refractivity contribution >= 4 is 7.75 Å². The number of nitrogens with one attached hydrogen (secondary N) is 2. The average molecular weight is 531 g/mol. The summed E-state index contributed by atoms with van der Waals surface area (Å²) in [7, 11) is -4.24. The second-order valence-electron chi connectivity index (χ2n) is 8.83. The summed E-state index contributed by atoms with van der Waals surface area (Å²) in [4.78, 5) is 25.5. The third-order valence-electron chi connectivity index (χ3n) is 5.40. The summed E-state index contributed by atoms with van der Waals surface area (Å²) in [6.07, 6.45) is -5.41. The molecular formula is C22H31FN3O9P. The van der Waals surface area contributed by atoms with Crippen molar-refractivity contribution in [3.05, 3.63) is 63.4 Å². The molecule has 1 aromatic carbocycles. The maximum Gasteiger partial charge on any atom is 0.459 e. The van der Waals surface area contributed by atoms with Gasteiger partial charge in [0.15, 0.2) is 18.2 Å². The number of aromatic nitrogens is 2. The van der Waals surface area contributed by atoms with Crippen molar-refractivity contribution in [3.8, 4) is 5.75 Å². The molecule has 0 aliphatic carbocycles. The van der Waals surface area contributed by atoms with Crippen LogP contribution in [0.3, 0.4) is 0 Å². The van der Waals surface area contributed by atoms with Crippen molar-refractivity contribution in [2.45, 2.75) is 70.2 Å². The number of para-hydroxylation sites is 1. The molecule has 200 valence electrons. The van der Waals surface area contributed by atoms with E-state index in [2.05, 4.69) is 5.09 Å². The molecule has 36 heavy (non-hydrogen) atoms. The highest BCUT2D eigenvalue weighted by atomic mass is 31.2. The molecule has 0 bridgehead atoms. The zero-order valence-electron chi connectivity index (χ0n) is 20.2. The Morgan fingerprint density at radius 2 is 1.92 bits per heavy atom. The Hall–Kier alpha value is -2.38. The van der Waals surface area contributed by atoms with E-state index >= 15 is 4.39 Å². The van der Waals surface area contributed by atoms with Gasteiger partial charge in [-0.1, -0.05) is 18.2 Å². The first-order chi connectivity index (χ1) is 16.8. The third kappa shape index (κ3) is 6.68. The molecule has 1 aromatic heterocycles. The van der Waals surface area contributed by atoms with Crippen LogP contribution in [0, 0.1) is 0 Å². The van der Waals surface area contributed by atoms with Gasteiger partial charge in [-0.15, -0.1) is 0 Å². The van der Waals surface area contributed by atoms with Gasteiger partial charge in [-0.3, -0.25) is 18.9 Å². The van der Waals surface area contributed by atoms with E-state index in [1.54, 1.807) is 32.0 Å². The van der Waals surface area contributed by atoms with Crippen molar-refractivity contribution in [1.82, 2.24) is 14.6 Å². The maximum absolute atomic E-state index is 15.4. The van der Waals surface area contributed by atoms with Gasteiger partial charge >= 0.3 is 13.4 Å². The molecule has 0 spiro atoms. The molecule has 1 aliphatic heterocycles. The number of H-pyrrole nitrogens is 1. The Kier molecular flexibility index (Phi) is 8.88. The summed E-state index contributed by atoms with van der Waals surface area (Å²) < 4.78 is 51.7. The summed E-state index contributed by atoms with van der Waals surface area (Å²) in [6.45, 7) is 5.34. The van der Waals surface area contributed by atoms with E-state index in [1.807, 2.05) is 4.98 Å². The van der Waals surface area contributed by atoms with Crippen LogP contribution in [-0.2, 0) is 18.6 Å². The number of alkyl halides is 1. The first kappa shape index (κ1) is 28.2. The van der Waals surface area contributed by atoms with E-state index < -0.39 is 62.0 Å². The summed E-state index contributed by atoms with van der Waals surface area (Å²) in [5.74, 6) is 0.181. The quantitative estimate of drug-likeness (QED) is 0.247. The Labute approximate surface area is 206 Å². The van der Waals surface area contributed by atoms with Gasteiger partial charge in [-0.25, -0.2) is 18.8 Å². The number of rotatable bonds is 11. The summed E-state index contributed by atoms with van der Waals surface area (Å²) in [5.41, 5.74) is -4.08. The van der Waals surface area contributed by atoms with E-state index in [9.17, 15) is 24.4 Å². The standard InChI is InChI=1S/C22H31FN3O9P/c1-13(2)33-19(29)14(3)25-36(31,35-15-8-6-5-7-9-15)32-12-16-18(28)22(4,23)20(34-16)26-11-10-17(27)24-21(26)30/h5-11,13-14,16,18-20,28-29H,12H2,1-4H3,(H,25,31)(H,24,27,30)/t14-,16?,18+,19?,20+,22+,36-/m0/s1. The minimum absolute atomic E-state index is 0.181. The Morgan fingerprint density at radius 1 is 1.25 bits per heavy atom. The monoisotopic (exact) mass is 531 g/mol. The third-order valence-corrected chi connectivity index (χ3v) is 7.06. The summed E-state index contributed by atoms with van der Waals surface area (Å²) in [5, 5.41) is 23.4. The number of aliphatic hydroxyl groups is 2. The van der Waals surface area contributed by atoms with Gasteiger partial charge in [-0.2, -0.15) is 0 Å². The second kappa shape index (κ2) is 11.3. The van der Waals surface area contributed by atoms with E-state index in [4.69, 9.17) is 18.5 Å². The van der Waals surface area contributed by atoms with E-state index in [-0.39, 0.29) is 11.9 Å². The lowest BCUT2D eigenvalue weighted by atomic mass is 9.98. The van der Waals surface area contributed by atoms with E-state index in [1.165, 1.54) is 19.1 Å². The molecular weight excluding hydrogens is 500 g/mol. The van der Waals surface area contributed by atoms with Gasteiger partial charge < -0.3 is 24.2 Å². The van der Waals surface area contributed by atoms with Crippen LogP contribution in [0.5, 0.6) is 5.75 Å². The van der Waals surface area contributed by atoms with Crippen LogP contribution in [0.1, 0.15) is 33.9 Å². The van der Waals surface area contributed by atoms with Crippen LogP contribution < -0.4 is 20.9 Å². The molecule has 1 aliphatic rings. The lowest BCUT2D eigenvalue weighted by Crippen LogP contribution is -2.44. The van der Waals surface area contributed by atoms with Crippen LogP contribution in [-0.4, -0.2) is 62.7 Å². The number of aromatic amines is 1. The van der Waals surface area contributed by atoms with Crippen LogP contribution >= 0.6 is 7.75 Å². The molecule has 2 heterocycles. The van der Waals surface area contributed by atoms with Crippen LogP contribution in [0.4, 0.5) is 4.39 Å². The normalized spacial score (nSPS) is 27.5. The predicted octanol–water partition coefficient (Wildman–Crippen LogP) is 1.45. The lowest BCUT2D eigenvalue weighted by Gasteiger charge is -2.28. The van der Waals surface area contributed by atoms with Gasteiger partial charge in [0.05, 0.1) is 18.8 Å². The van der Waals surface area contributed by atoms with E-state index in [0.29, 0.717) is 0 Å². The fraction of sp³-hybridized carbons (Fsp3) is 0.545. The molecule has 14 heteroatoms. The van der Waals surface area contributed by atoms with Gasteiger partial charge in [0, 0.05) is 12.3 Å². The van der Waals surface area contributed by atoms with E-state index in [0.717, 1.165) is 23.8 Å². The van der Waals surface area contributed by atoms with Crippen LogP contribution in [0.25, 0.3) is 0 Å². The molecule has 2 aromatic rings. The summed E-state index contributed by atoms with van der Waals surface area (Å²) >= 11 is 0. The first-order valence-electron chi connectivity index (χ1n) is 11.3. The molecule has 0 saturated carbocycles. The molecule has 1 fully saturated rings. The topological polar surface area (TPSA) is 161 Å². The molecule has 7 atom stereocenters. The highest BCUT2D eigenvalue weighted by Gasteiger charge is 2.55. The Bertz CT molecular complexity index is 1170. The fourth-order valence-electron chi connectivity index (χ4n) is 3.55. The molecule has 4 N–H and O–H groups in total. The van der Waals surface area contributed by atoms with Crippen molar-refractivity contribution in [2.75, 3.05) is 6.61 Å². The first-order valence-corrected chi connectivity index (χ1v) is 12.8. The Morgan fingerprint density at radius 3 is 2.53 bits per heavy atom. The highest BCUT2D eigenvalue weighted by Crippen LogP contribution is 2.47. The lowest BCUT2D eigenvalue weighted by molar-refractivity contribution is -0.138. The largest absolute Gasteiger partial charge is 0.459 e. The maximum atomic E-state index is 15.4. The van der Waals surface area contributed by atoms with Crippen molar-refractivity contribution < 1.29 is 37.7 Å². The zero-order chi connectivity index (χ0) is 26.7. The minimum Gasteiger partial charge on any atom is -0.413 e. The van der Waals surface area contributed by atoms with Gasteiger partial charge in [0.25, 0.3) is 5.56 Å². The number of halogens is 1. The SMILES string of the molecule is CC(C)OC(O)[C@H](C)N[P@](=O)(OCC1O[C@@H](n2ccc(=O)[nH]c2=O)[C@](C)(F)[C@@H]1O)Oc1ccccc1. The zero-order valence-corrected chi connectivity index (χ0v) is 21.1.